The molecular weight excluding hydrogens is 200 g/mol. The lowest BCUT2D eigenvalue weighted by molar-refractivity contribution is -0.125. The Kier molecular flexibility index (Phi) is 4.22. The average Bonchev–Trinajstić information content (AvgIpc) is 3.13. The average molecular weight is 224 g/mol. The Morgan fingerprint density at radius 3 is 2.88 bits per heavy atom. The number of carbonyl (C=O) groups excluding carboxylic acids is 1. The quantitative estimate of drug-likeness (QED) is 0.743. The summed E-state index contributed by atoms with van der Waals surface area (Å²) in [7, 11) is 0. The molecule has 1 aliphatic heterocycles. The molecule has 2 aliphatic rings. The lowest BCUT2D eigenvalue weighted by Gasteiger charge is -2.23. The minimum Gasteiger partial charge on any atom is -0.356 e. The molecule has 2 unspecified atom stereocenters. The van der Waals surface area contributed by atoms with Crippen molar-refractivity contribution in [3.05, 3.63) is 0 Å². The molecule has 0 radical (unpaired) electrons. The monoisotopic (exact) mass is 224 g/mol. The molecule has 2 N–H and O–H groups in total. The van der Waals surface area contributed by atoms with Gasteiger partial charge in [-0.3, -0.25) is 4.79 Å². The first-order chi connectivity index (χ1) is 7.77. The van der Waals surface area contributed by atoms with Crippen LogP contribution in [0.5, 0.6) is 0 Å². The Hall–Kier alpha value is -0.570. The van der Waals surface area contributed by atoms with Gasteiger partial charge in [0.1, 0.15) is 0 Å². The van der Waals surface area contributed by atoms with Crippen molar-refractivity contribution in [2.45, 2.75) is 39.0 Å². The van der Waals surface area contributed by atoms with E-state index in [2.05, 4.69) is 17.6 Å². The van der Waals surface area contributed by atoms with Crippen molar-refractivity contribution in [1.29, 1.82) is 0 Å². The summed E-state index contributed by atoms with van der Waals surface area (Å²) in [5.74, 6) is 1.96. The van der Waals surface area contributed by atoms with E-state index in [9.17, 15) is 4.79 Å². The van der Waals surface area contributed by atoms with Gasteiger partial charge in [0.2, 0.25) is 5.91 Å². The second-order valence-electron chi connectivity index (χ2n) is 5.42. The van der Waals surface area contributed by atoms with Gasteiger partial charge in [0.25, 0.3) is 0 Å². The van der Waals surface area contributed by atoms with Gasteiger partial charge in [-0.2, -0.15) is 0 Å². The standard InChI is InChI=1S/C13H24N2O/c1-10(12-4-5-12)13(16)15-8-6-11-3-2-7-14-9-11/h10-12,14H,2-9H2,1H3,(H,15,16). The van der Waals surface area contributed by atoms with E-state index in [1.165, 1.54) is 32.2 Å². The van der Waals surface area contributed by atoms with Gasteiger partial charge in [-0.25, -0.2) is 0 Å². The molecule has 1 aliphatic carbocycles. The van der Waals surface area contributed by atoms with Crippen LogP contribution in [-0.2, 0) is 4.79 Å². The second-order valence-corrected chi connectivity index (χ2v) is 5.42. The van der Waals surface area contributed by atoms with Crippen LogP contribution in [0.25, 0.3) is 0 Å². The Balaban J connectivity index is 1.57. The molecule has 0 bridgehead atoms. The van der Waals surface area contributed by atoms with Crippen LogP contribution in [0.2, 0.25) is 0 Å². The smallest absolute Gasteiger partial charge is 0.223 e. The maximum Gasteiger partial charge on any atom is 0.223 e. The van der Waals surface area contributed by atoms with E-state index in [0.717, 1.165) is 25.4 Å². The van der Waals surface area contributed by atoms with Gasteiger partial charge in [-0.05, 0) is 57.0 Å². The van der Waals surface area contributed by atoms with Crippen LogP contribution >= 0.6 is 0 Å². The first-order valence-corrected chi connectivity index (χ1v) is 6.76. The summed E-state index contributed by atoms with van der Waals surface area (Å²) in [6, 6.07) is 0. The molecule has 1 saturated heterocycles. The number of rotatable bonds is 5. The van der Waals surface area contributed by atoms with E-state index in [0.29, 0.717) is 5.92 Å². The molecule has 3 heteroatoms. The fourth-order valence-electron chi connectivity index (χ4n) is 2.54. The lowest BCUT2D eigenvalue weighted by atomic mass is 9.96. The molecule has 0 spiro atoms. The number of nitrogens with one attached hydrogen (secondary N) is 2. The fraction of sp³-hybridized carbons (Fsp3) is 0.923. The van der Waals surface area contributed by atoms with E-state index in [4.69, 9.17) is 0 Å². The first kappa shape index (κ1) is 11.9. The molecule has 1 amide bonds. The van der Waals surface area contributed by atoms with Gasteiger partial charge in [0, 0.05) is 12.5 Å². The summed E-state index contributed by atoms with van der Waals surface area (Å²) in [5.41, 5.74) is 0. The van der Waals surface area contributed by atoms with E-state index < -0.39 is 0 Å². The molecule has 2 fully saturated rings. The van der Waals surface area contributed by atoms with E-state index in [-0.39, 0.29) is 11.8 Å². The fourth-order valence-corrected chi connectivity index (χ4v) is 2.54. The Bertz CT molecular complexity index is 232. The van der Waals surface area contributed by atoms with E-state index in [1.807, 2.05) is 0 Å². The largest absolute Gasteiger partial charge is 0.356 e. The Labute approximate surface area is 98.4 Å². The van der Waals surface area contributed by atoms with Crippen molar-refractivity contribution in [3.8, 4) is 0 Å². The number of carbonyl (C=O) groups is 1. The molecular formula is C13H24N2O. The lowest BCUT2D eigenvalue weighted by Crippen LogP contribution is -2.35. The summed E-state index contributed by atoms with van der Waals surface area (Å²) >= 11 is 0. The van der Waals surface area contributed by atoms with Crippen LogP contribution in [0.1, 0.15) is 39.0 Å². The minimum absolute atomic E-state index is 0.240. The molecule has 1 saturated carbocycles. The van der Waals surface area contributed by atoms with E-state index in [1.54, 1.807) is 0 Å². The predicted molar refractivity (Wildman–Crippen MR) is 65.1 cm³/mol. The summed E-state index contributed by atoms with van der Waals surface area (Å²) < 4.78 is 0. The van der Waals surface area contributed by atoms with Crippen molar-refractivity contribution >= 4 is 5.91 Å². The molecule has 3 nitrogen and oxygen atoms in total. The third-order valence-corrected chi connectivity index (χ3v) is 3.99. The Morgan fingerprint density at radius 2 is 2.25 bits per heavy atom. The third-order valence-electron chi connectivity index (χ3n) is 3.99. The number of hydrogen-bond acceptors (Lipinski definition) is 2. The molecule has 0 aromatic heterocycles. The molecule has 1 heterocycles. The molecule has 0 aromatic rings. The van der Waals surface area contributed by atoms with Crippen LogP contribution in [0, 0.1) is 17.8 Å². The van der Waals surface area contributed by atoms with Crippen LogP contribution in [0.4, 0.5) is 0 Å². The van der Waals surface area contributed by atoms with Crippen molar-refractivity contribution in [3.63, 3.8) is 0 Å². The highest BCUT2D eigenvalue weighted by molar-refractivity contribution is 5.78. The highest BCUT2D eigenvalue weighted by Crippen LogP contribution is 2.36. The Morgan fingerprint density at radius 1 is 1.44 bits per heavy atom. The highest BCUT2D eigenvalue weighted by Gasteiger charge is 2.32. The van der Waals surface area contributed by atoms with Gasteiger partial charge in [-0.1, -0.05) is 6.92 Å². The van der Waals surface area contributed by atoms with Gasteiger partial charge in [0.05, 0.1) is 0 Å². The normalized spacial score (nSPS) is 27.4. The van der Waals surface area contributed by atoms with Crippen LogP contribution in [0.3, 0.4) is 0 Å². The number of hydrogen-bond donors (Lipinski definition) is 2. The summed E-state index contributed by atoms with van der Waals surface area (Å²) in [6.07, 6.45) is 6.25. The molecule has 2 rings (SSSR count). The maximum absolute atomic E-state index is 11.7. The van der Waals surface area contributed by atoms with Crippen molar-refractivity contribution in [2.75, 3.05) is 19.6 Å². The number of piperidine rings is 1. The molecule has 0 aromatic carbocycles. The number of amides is 1. The summed E-state index contributed by atoms with van der Waals surface area (Å²) in [5, 5.41) is 6.50. The van der Waals surface area contributed by atoms with Gasteiger partial charge in [0.15, 0.2) is 0 Å². The minimum atomic E-state index is 0.240. The maximum atomic E-state index is 11.7. The third kappa shape index (κ3) is 3.48. The highest BCUT2D eigenvalue weighted by atomic mass is 16.1. The zero-order valence-corrected chi connectivity index (χ0v) is 10.3. The van der Waals surface area contributed by atoms with Crippen molar-refractivity contribution in [2.24, 2.45) is 17.8 Å². The molecule has 2 atom stereocenters. The topological polar surface area (TPSA) is 41.1 Å². The summed E-state index contributed by atoms with van der Waals surface area (Å²) in [4.78, 5) is 11.7. The molecule has 16 heavy (non-hydrogen) atoms. The zero-order chi connectivity index (χ0) is 11.4. The van der Waals surface area contributed by atoms with Crippen molar-refractivity contribution in [1.82, 2.24) is 10.6 Å². The zero-order valence-electron chi connectivity index (χ0n) is 10.3. The van der Waals surface area contributed by atoms with Gasteiger partial charge < -0.3 is 10.6 Å². The van der Waals surface area contributed by atoms with Crippen molar-refractivity contribution < 1.29 is 4.79 Å². The predicted octanol–water partition coefficient (Wildman–Crippen LogP) is 1.54. The second kappa shape index (κ2) is 5.67. The SMILES string of the molecule is CC(C(=O)NCCC1CCCNC1)C1CC1. The summed E-state index contributed by atoms with van der Waals surface area (Å²) in [6.45, 7) is 5.23. The van der Waals surface area contributed by atoms with E-state index >= 15 is 0 Å². The van der Waals surface area contributed by atoms with Crippen LogP contribution in [0.15, 0.2) is 0 Å². The first-order valence-electron chi connectivity index (χ1n) is 6.76. The van der Waals surface area contributed by atoms with Gasteiger partial charge >= 0.3 is 0 Å². The van der Waals surface area contributed by atoms with Crippen LogP contribution < -0.4 is 10.6 Å². The van der Waals surface area contributed by atoms with Gasteiger partial charge in [-0.15, -0.1) is 0 Å². The molecule has 92 valence electrons. The van der Waals surface area contributed by atoms with Crippen LogP contribution in [-0.4, -0.2) is 25.5 Å².